The third-order valence-electron chi connectivity index (χ3n) is 2.63. The van der Waals surface area contributed by atoms with Crippen LogP contribution in [0.1, 0.15) is 44.2 Å². The molecule has 108 valence electrons. The molecule has 1 aromatic rings. The highest BCUT2D eigenvalue weighted by Crippen LogP contribution is 2.08. The second kappa shape index (κ2) is 6.68. The molecule has 1 rings (SSSR count). The summed E-state index contributed by atoms with van der Waals surface area (Å²) >= 11 is 0. The van der Waals surface area contributed by atoms with Gasteiger partial charge in [-0.05, 0) is 33.8 Å². The number of aliphatic hydroxyl groups is 1. The van der Waals surface area contributed by atoms with E-state index in [2.05, 4.69) is 10.4 Å². The fourth-order valence-corrected chi connectivity index (χ4v) is 1.50. The molecule has 0 aliphatic carbocycles. The highest BCUT2D eigenvalue weighted by molar-refractivity contribution is 5.92. The molecule has 1 aromatic heterocycles. The zero-order chi connectivity index (χ0) is 14.5. The first-order valence-electron chi connectivity index (χ1n) is 6.44. The third kappa shape index (κ3) is 5.00. The van der Waals surface area contributed by atoms with Crippen LogP contribution in [0, 0.1) is 0 Å². The maximum atomic E-state index is 11.9. The lowest BCUT2D eigenvalue weighted by atomic mass is 10.1. The predicted molar refractivity (Wildman–Crippen MR) is 72.1 cm³/mol. The van der Waals surface area contributed by atoms with Gasteiger partial charge < -0.3 is 15.2 Å². The molecule has 0 bridgehead atoms. The number of ether oxygens (including phenoxy) is 1. The minimum Gasteiger partial charge on any atom is -0.394 e. The number of hydrogen-bond donors (Lipinski definition) is 2. The molecule has 0 aliphatic heterocycles. The molecule has 0 fully saturated rings. The van der Waals surface area contributed by atoms with Gasteiger partial charge in [-0.25, -0.2) is 0 Å². The van der Waals surface area contributed by atoms with Gasteiger partial charge >= 0.3 is 0 Å². The minimum atomic E-state index is -0.515. The zero-order valence-electron chi connectivity index (χ0n) is 12.0. The largest absolute Gasteiger partial charge is 0.394 e. The maximum absolute atomic E-state index is 11.9. The van der Waals surface area contributed by atoms with Crippen LogP contribution in [0.3, 0.4) is 0 Å². The first-order chi connectivity index (χ1) is 8.85. The van der Waals surface area contributed by atoms with Crippen molar-refractivity contribution >= 4 is 5.91 Å². The number of rotatable bonds is 7. The molecule has 0 aliphatic rings. The molecule has 2 N–H and O–H groups in total. The standard InChI is InChI=1S/C13H23N3O3/c1-10(2)16-6-5-11(15-16)12(18)14-9-13(3,4)19-8-7-17/h5-6,10,17H,7-9H2,1-4H3,(H,14,18). The van der Waals surface area contributed by atoms with Gasteiger partial charge in [-0.15, -0.1) is 0 Å². The van der Waals surface area contributed by atoms with Crippen molar-refractivity contribution < 1.29 is 14.6 Å². The topological polar surface area (TPSA) is 76.4 Å². The third-order valence-corrected chi connectivity index (χ3v) is 2.63. The van der Waals surface area contributed by atoms with E-state index in [0.717, 1.165) is 0 Å². The van der Waals surface area contributed by atoms with Crippen LogP contribution in [0.2, 0.25) is 0 Å². The summed E-state index contributed by atoms with van der Waals surface area (Å²) in [6.07, 6.45) is 1.78. The number of hydrogen-bond acceptors (Lipinski definition) is 4. The summed E-state index contributed by atoms with van der Waals surface area (Å²) in [6, 6.07) is 1.92. The molecule has 0 saturated heterocycles. The van der Waals surface area contributed by atoms with Crippen LogP contribution < -0.4 is 5.32 Å². The molecule has 0 aromatic carbocycles. The normalized spacial score (nSPS) is 11.9. The zero-order valence-corrected chi connectivity index (χ0v) is 12.0. The Balaban J connectivity index is 2.50. The molecule has 0 saturated carbocycles. The van der Waals surface area contributed by atoms with Crippen molar-refractivity contribution in [3.8, 4) is 0 Å². The lowest BCUT2D eigenvalue weighted by Crippen LogP contribution is -2.41. The number of carbonyl (C=O) groups excluding carboxylic acids is 1. The average Bonchev–Trinajstić information content (AvgIpc) is 2.83. The van der Waals surface area contributed by atoms with Crippen LogP contribution in [-0.2, 0) is 4.74 Å². The number of nitrogens with zero attached hydrogens (tertiary/aromatic N) is 2. The Labute approximate surface area is 113 Å². The molecule has 0 radical (unpaired) electrons. The van der Waals surface area contributed by atoms with E-state index < -0.39 is 5.60 Å². The van der Waals surface area contributed by atoms with Crippen molar-refractivity contribution in [2.24, 2.45) is 0 Å². The number of nitrogens with one attached hydrogen (secondary N) is 1. The summed E-state index contributed by atoms with van der Waals surface area (Å²) in [5, 5.41) is 15.7. The van der Waals surface area contributed by atoms with Crippen LogP contribution in [0.5, 0.6) is 0 Å². The molecule has 0 spiro atoms. The van der Waals surface area contributed by atoms with E-state index in [1.54, 1.807) is 16.9 Å². The average molecular weight is 269 g/mol. The Hall–Kier alpha value is -1.40. The first-order valence-corrected chi connectivity index (χ1v) is 6.44. The van der Waals surface area contributed by atoms with Gasteiger partial charge in [0.1, 0.15) is 5.69 Å². The molecule has 0 unspecified atom stereocenters. The van der Waals surface area contributed by atoms with Crippen molar-refractivity contribution in [2.45, 2.75) is 39.3 Å². The van der Waals surface area contributed by atoms with Crippen molar-refractivity contribution in [3.63, 3.8) is 0 Å². The molecule has 6 heteroatoms. The van der Waals surface area contributed by atoms with E-state index in [1.807, 2.05) is 27.7 Å². The molecule has 6 nitrogen and oxygen atoms in total. The van der Waals surface area contributed by atoms with E-state index in [9.17, 15) is 4.79 Å². The quantitative estimate of drug-likeness (QED) is 0.773. The van der Waals surface area contributed by atoms with Gasteiger partial charge in [0.05, 0.1) is 18.8 Å². The van der Waals surface area contributed by atoms with E-state index in [4.69, 9.17) is 9.84 Å². The second-order valence-corrected chi connectivity index (χ2v) is 5.29. The number of aromatic nitrogens is 2. The molecule has 0 atom stereocenters. The van der Waals surface area contributed by atoms with Crippen LogP contribution in [0.4, 0.5) is 0 Å². The highest BCUT2D eigenvalue weighted by Gasteiger charge is 2.20. The molecule has 1 amide bonds. The van der Waals surface area contributed by atoms with Gasteiger partial charge in [-0.3, -0.25) is 9.48 Å². The van der Waals surface area contributed by atoms with E-state index in [0.29, 0.717) is 12.2 Å². The molecule has 19 heavy (non-hydrogen) atoms. The Morgan fingerprint density at radius 3 is 2.79 bits per heavy atom. The Kier molecular flexibility index (Phi) is 5.50. The summed E-state index contributed by atoms with van der Waals surface area (Å²) in [7, 11) is 0. The lowest BCUT2D eigenvalue weighted by molar-refractivity contribution is -0.0307. The van der Waals surface area contributed by atoms with Gasteiger partial charge in [0.2, 0.25) is 0 Å². The molecule has 1 heterocycles. The number of amides is 1. The van der Waals surface area contributed by atoms with Crippen LogP contribution >= 0.6 is 0 Å². The summed E-state index contributed by atoms with van der Waals surface area (Å²) in [4.78, 5) is 11.9. The Bertz CT molecular complexity index is 413. The van der Waals surface area contributed by atoms with Gasteiger partial charge in [-0.1, -0.05) is 0 Å². The van der Waals surface area contributed by atoms with Gasteiger partial charge in [0, 0.05) is 18.8 Å². The van der Waals surface area contributed by atoms with Crippen LogP contribution in [0.25, 0.3) is 0 Å². The monoisotopic (exact) mass is 269 g/mol. The molecular formula is C13H23N3O3. The summed E-state index contributed by atoms with van der Waals surface area (Å²) in [5.74, 6) is -0.222. The number of carbonyl (C=O) groups is 1. The van der Waals surface area contributed by atoms with Crippen molar-refractivity contribution in [1.82, 2.24) is 15.1 Å². The van der Waals surface area contributed by atoms with Gasteiger partial charge in [-0.2, -0.15) is 5.10 Å². The summed E-state index contributed by atoms with van der Waals surface area (Å²) in [6.45, 7) is 8.30. The smallest absolute Gasteiger partial charge is 0.271 e. The summed E-state index contributed by atoms with van der Waals surface area (Å²) < 4.78 is 7.16. The van der Waals surface area contributed by atoms with Crippen molar-refractivity contribution in [3.05, 3.63) is 18.0 Å². The summed E-state index contributed by atoms with van der Waals surface area (Å²) in [5.41, 5.74) is -0.120. The van der Waals surface area contributed by atoms with Gasteiger partial charge in [0.15, 0.2) is 0 Å². The second-order valence-electron chi connectivity index (χ2n) is 5.29. The first kappa shape index (κ1) is 15.7. The van der Waals surface area contributed by atoms with Crippen LogP contribution in [0.15, 0.2) is 12.3 Å². The Morgan fingerprint density at radius 2 is 2.26 bits per heavy atom. The minimum absolute atomic E-state index is 0.0316. The van der Waals surface area contributed by atoms with Crippen molar-refractivity contribution in [2.75, 3.05) is 19.8 Å². The fraction of sp³-hybridized carbons (Fsp3) is 0.692. The van der Waals surface area contributed by atoms with E-state index >= 15 is 0 Å². The van der Waals surface area contributed by atoms with E-state index in [1.165, 1.54) is 0 Å². The number of aliphatic hydroxyl groups excluding tert-OH is 1. The molecular weight excluding hydrogens is 246 g/mol. The Morgan fingerprint density at radius 1 is 1.58 bits per heavy atom. The fourth-order valence-electron chi connectivity index (χ4n) is 1.50. The SMILES string of the molecule is CC(C)n1ccc(C(=O)NCC(C)(C)OCCO)n1. The van der Waals surface area contributed by atoms with Gasteiger partial charge in [0.25, 0.3) is 5.91 Å². The van der Waals surface area contributed by atoms with E-state index in [-0.39, 0.29) is 25.2 Å². The van der Waals surface area contributed by atoms with Crippen LogP contribution in [-0.4, -0.2) is 46.2 Å². The lowest BCUT2D eigenvalue weighted by Gasteiger charge is -2.25. The van der Waals surface area contributed by atoms with Crippen molar-refractivity contribution in [1.29, 1.82) is 0 Å². The maximum Gasteiger partial charge on any atom is 0.271 e. The predicted octanol–water partition coefficient (Wildman–Crippen LogP) is 0.981. The highest BCUT2D eigenvalue weighted by atomic mass is 16.5.